The Hall–Kier alpha value is -7.68. The van der Waals surface area contributed by atoms with Crippen molar-refractivity contribution in [3.63, 3.8) is 0 Å². The van der Waals surface area contributed by atoms with Gasteiger partial charge in [0.2, 0.25) is 0 Å². The molecule has 1 aromatic heterocycles. The highest BCUT2D eigenvalue weighted by atomic mass is 15.1. The average molecular weight is 817 g/mol. The summed E-state index contributed by atoms with van der Waals surface area (Å²) in [6, 6.07) is 75.2. The summed E-state index contributed by atoms with van der Waals surface area (Å²) in [5, 5.41) is 5.19. The van der Waals surface area contributed by atoms with E-state index in [2.05, 4.69) is 230 Å². The summed E-state index contributed by atoms with van der Waals surface area (Å²) in [6.45, 7) is 4.88. The summed E-state index contributed by atoms with van der Waals surface area (Å²) in [4.78, 5) is 2.56. The fourth-order valence-corrected chi connectivity index (χ4v) is 12.6. The number of hydrogen-bond donors (Lipinski definition) is 0. The van der Waals surface area contributed by atoms with E-state index in [1.54, 1.807) is 0 Å². The standard InChI is InChI=1S/C62H44N2/c1-61(2)55-36-41(29-32-48(55)49-33-31-43(37-56(49)61)64-58-27-15-11-23-51(58)60-44-19-7-6-16-39(44)28-35-59(60)64)63(40-17-4-3-5-18-40)42-30-34-50-47-22-10-14-26-54(47)62(57(50)38-42)52-24-12-8-20-45(52)46-21-9-13-25-53(46)62/h3-28,30-31,33-38H,29,32H2,1-2H3. The van der Waals surface area contributed by atoms with Crippen molar-refractivity contribution in [3.8, 4) is 27.9 Å². The monoisotopic (exact) mass is 816 g/mol. The Morgan fingerprint density at radius 1 is 0.438 bits per heavy atom. The lowest BCUT2D eigenvalue weighted by Gasteiger charge is -2.34. The second-order valence-electron chi connectivity index (χ2n) is 18.7. The SMILES string of the molecule is CC1(C)C2=C(CCC(N(c3ccccc3)c3ccc4c(c3)C3(c5ccccc5-c5ccccc53)c3ccccc3-4)=C2)c2ccc(-n3c4ccccc4c4c5ccccc5ccc43)cc21. The van der Waals surface area contributed by atoms with Crippen molar-refractivity contribution < 1.29 is 0 Å². The van der Waals surface area contributed by atoms with Gasteiger partial charge in [0, 0.05) is 38.9 Å². The third kappa shape index (κ3) is 4.60. The molecule has 1 heterocycles. The van der Waals surface area contributed by atoms with Crippen LogP contribution in [0.5, 0.6) is 0 Å². The van der Waals surface area contributed by atoms with Crippen LogP contribution in [0.15, 0.2) is 218 Å². The first-order valence-electron chi connectivity index (χ1n) is 22.8. The van der Waals surface area contributed by atoms with E-state index in [4.69, 9.17) is 0 Å². The van der Waals surface area contributed by atoms with Crippen LogP contribution in [-0.2, 0) is 10.8 Å². The number of rotatable bonds is 4. The fourth-order valence-electron chi connectivity index (χ4n) is 12.6. The highest BCUT2D eigenvalue weighted by Crippen LogP contribution is 2.63. The van der Waals surface area contributed by atoms with Gasteiger partial charge < -0.3 is 9.47 Å². The van der Waals surface area contributed by atoms with Crippen LogP contribution in [0.3, 0.4) is 0 Å². The van der Waals surface area contributed by atoms with Crippen LogP contribution in [-0.4, -0.2) is 4.57 Å². The van der Waals surface area contributed by atoms with Crippen molar-refractivity contribution in [3.05, 3.63) is 251 Å². The topological polar surface area (TPSA) is 8.17 Å². The smallest absolute Gasteiger partial charge is 0.0726 e. The number of benzene rings is 9. The van der Waals surface area contributed by atoms with E-state index in [1.807, 2.05) is 0 Å². The molecule has 0 amide bonds. The molecule has 2 heteroatoms. The number of para-hydroxylation sites is 2. The van der Waals surface area contributed by atoms with E-state index in [-0.39, 0.29) is 5.41 Å². The molecule has 0 saturated heterocycles. The third-order valence-corrected chi connectivity index (χ3v) is 15.3. The number of aromatic nitrogens is 1. The van der Waals surface area contributed by atoms with Crippen LogP contribution in [0.2, 0.25) is 0 Å². The van der Waals surface area contributed by atoms with Gasteiger partial charge in [0.05, 0.1) is 16.4 Å². The van der Waals surface area contributed by atoms with Gasteiger partial charge in [0.15, 0.2) is 0 Å². The van der Waals surface area contributed by atoms with Gasteiger partial charge in [-0.15, -0.1) is 0 Å². The van der Waals surface area contributed by atoms with Gasteiger partial charge >= 0.3 is 0 Å². The number of anilines is 2. The Labute approximate surface area is 373 Å². The van der Waals surface area contributed by atoms with Gasteiger partial charge in [-0.3, -0.25) is 0 Å². The van der Waals surface area contributed by atoms with Gasteiger partial charge in [-0.05, 0) is 145 Å². The van der Waals surface area contributed by atoms with Gasteiger partial charge in [0.1, 0.15) is 0 Å². The maximum atomic E-state index is 2.56. The van der Waals surface area contributed by atoms with Crippen LogP contribution >= 0.6 is 0 Å². The van der Waals surface area contributed by atoms with E-state index in [1.165, 1.54) is 122 Å². The second-order valence-corrected chi connectivity index (χ2v) is 18.7. The molecule has 0 unspecified atom stereocenters. The Morgan fingerprint density at radius 2 is 1.05 bits per heavy atom. The molecular weight excluding hydrogens is 773 g/mol. The zero-order valence-electron chi connectivity index (χ0n) is 35.9. The van der Waals surface area contributed by atoms with Crippen LogP contribution in [0, 0.1) is 0 Å². The minimum Gasteiger partial charge on any atom is -0.314 e. The van der Waals surface area contributed by atoms with Crippen LogP contribution in [0.4, 0.5) is 11.4 Å². The third-order valence-electron chi connectivity index (χ3n) is 15.3. The van der Waals surface area contributed by atoms with E-state index in [0.29, 0.717) is 0 Å². The molecule has 4 aliphatic carbocycles. The largest absolute Gasteiger partial charge is 0.314 e. The van der Waals surface area contributed by atoms with Crippen molar-refractivity contribution >= 4 is 49.5 Å². The molecule has 0 fully saturated rings. The maximum absolute atomic E-state index is 2.56. The quantitative estimate of drug-likeness (QED) is 0.172. The first-order valence-corrected chi connectivity index (χ1v) is 22.8. The zero-order valence-corrected chi connectivity index (χ0v) is 35.9. The van der Waals surface area contributed by atoms with Crippen molar-refractivity contribution in [2.24, 2.45) is 0 Å². The minimum absolute atomic E-state index is 0.193. The van der Waals surface area contributed by atoms with Gasteiger partial charge in [0.25, 0.3) is 0 Å². The summed E-state index contributed by atoms with van der Waals surface area (Å²) < 4.78 is 2.49. The first kappa shape index (κ1) is 35.9. The molecular formula is C62H44N2. The Bertz CT molecular complexity index is 3640. The molecule has 2 nitrogen and oxygen atoms in total. The van der Waals surface area contributed by atoms with E-state index < -0.39 is 5.41 Å². The van der Waals surface area contributed by atoms with Crippen LogP contribution < -0.4 is 4.90 Å². The summed E-state index contributed by atoms with van der Waals surface area (Å²) in [5.41, 5.74) is 23.3. The van der Waals surface area contributed by atoms with E-state index >= 15 is 0 Å². The molecule has 0 radical (unpaired) electrons. The molecule has 0 N–H and O–H groups in total. The van der Waals surface area contributed by atoms with Crippen LogP contribution in [0.1, 0.15) is 60.1 Å². The molecule has 302 valence electrons. The Balaban J connectivity index is 0.919. The lowest BCUT2D eigenvalue weighted by molar-refractivity contribution is 0.648. The molecule has 64 heavy (non-hydrogen) atoms. The van der Waals surface area contributed by atoms with Gasteiger partial charge in [-0.2, -0.15) is 0 Å². The number of allylic oxidation sites excluding steroid dienone is 4. The summed E-state index contributed by atoms with van der Waals surface area (Å²) >= 11 is 0. The fraction of sp³-hybridized carbons (Fsp3) is 0.0968. The van der Waals surface area contributed by atoms with Crippen molar-refractivity contribution in [1.82, 2.24) is 4.57 Å². The average Bonchev–Trinajstić information content (AvgIpc) is 4.02. The molecule has 0 saturated carbocycles. The number of nitrogens with zero attached hydrogens (tertiary/aromatic N) is 2. The molecule has 1 spiro atoms. The molecule has 0 bridgehead atoms. The number of hydrogen-bond acceptors (Lipinski definition) is 1. The molecule has 14 rings (SSSR count). The van der Waals surface area contributed by atoms with Gasteiger partial charge in [-0.1, -0.05) is 166 Å². The minimum atomic E-state index is -0.398. The molecule has 10 aromatic rings. The first-order chi connectivity index (χ1) is 31.5. The summed E-state index contributed by atoms with van der Waals surface area (Å²) in [5.74, 6) is 0. The summed E-state index contributed by atoms with van der Waals surface area (Å²) in [7, 11) is 0. The zero-order chi connectivity index (χ0) is 42.3. The molecule has 9 aromatic carbocycles. The van der Waals surface area contributed by atoms with E-state index in [0.717, 1.165) is 12.8 Å². The predicted molar refractivity (Wildman–Crippen MR) is 267 cm³/mol. The summed E-state index contributed by atoms with van der Waals surface area (Å²) in [6.07, 6.45) is 4.48. The second kappa shape index (κ2) is 12.9. The highest BCUT2D eigenvalue weighted by molar-refractivity contribution is 6.21. The van der Waals surface area contributed by atoms with E-state index in [9.17, 15) is 0 Å². The van der Waals surface area contributed by atoms with Crippen molar-refractivity contribution in [2.45, 2.75) is 37.5 Å². The predicted octanol–water partition coefficient (Wildman–Crippen LogP) is 15.8. The normalized spacial score (nSPS) is 15.8. The lowest BCUT2D eigenvalue weighted by Crippen LogP contribution is -2.26. The highest BCUT2D eigenvalue weighted by Gasteiger charge is 2.51. The van der Waals surface area contributed by atoms with Gasteiger partial charge in [-0.25, -0.2) is 0 Å². The van der Waals surface area contributed by atoms with Crippen molar-refractivity contribution in [1.29, 1.82) is 0 Å². The van der Waals surface area contributed by atoms with Crippen LogP contribution in [0.25, 0.3) is 66.1 Å². The molecule has 0 atom stereocenters. The van der Waals surface area contributed by atoms with Crippen molar-refractivity contribution in [2.75, 3.05) is 4.90 Å². The lowest BCUT2D eigenvalue weighted by atomic mass is 9.70. The Kier molecular flexibility index (Phi) is 7.25. The number of fused-ring (bicyclic) bond motifs is 17. The maximum Gasteiger partial charge on any atom is 0.0726 e. The molecule has 4 aliphatic rings. The Morgan fingerprint density at radius 3 is 1.78 bits per heavy atom. The molecule has 0 aliphatic heterocycles.